The molecule has 19 heavy (non-hydrogen) atoms. The fourth-order valence-corrected chi connectivity index (χ4v) is 2.01. The summed E-state index contributed by atoms with van der Waals surface area (Å²) in [7, 11) is 1.62. The lowest BCUT2D eigenvalue weighted by Crippen LogP contribution is -2.07. The van der Waals surface area contributed by atoms with Crippen molar-refractivity contribution in [1.82, 2.24) is 9.78 Å². The Hall–Kier alpha value is -2.30. The molecular weight excluding hydrogens is 244 g/mol. The average Bonchev–Trinajstić information content (AvgIpc) is 2.71. The number of aromatic nitrogens is 2. The first kappa shape index (κ1) is 13.1. The van der Waals surface area contributed by atoms with Crippen LogP contribution in [0.25, 0.3) is 0 Å². The molecule has 5 heteroatoms. The zero-order valence-corrected chi connectivity index (χ0v) is 11.2. The van der Waals surface area contributed by atoms with Gasteiger partial charge in [-0.25, -0.2) is 4.79 Å². The van der Waals surface area contributed by atoms with Gasteiger partial charge in [0.25, 0.3) is 0 Å². The van der Waals surface area contributed by atoms with Crippen molar-refractivity contribution >= 4 is 5.97 Å². The number of nitrogens with zero attached hydrogens (tertiary/aromatic N) is 2. The summed E-state index contributed by atoms with van der Waals surface area (Å²) < 4.78 is 6.98. The Morgan fingerprint density at radius 2 is 2.16 bits per heavy atom. The fourth-order valence-electron chi connectivity index (χ4n) is 2.01. The van der Waals surface area contributed by atoms with Crippen LogP contribution in [0.5, 0.6) is 5.75 Å². The van der Waals surface area contributed by atoms with E-state index in [0.717, 1.165) is 16.9 Å². The van der Waals surface area contributed by atoms with Gasteiger partial charge in [0, 0.05) is 5.56 Å². The van der Waals surface area contributed by atoms with E-state index in [2.05, 4.69) is 5.10 Å². The molecule has 5 nitrogen and oxygen atoms in total. The number of benzene rings is 1. The van der Waals surface area contributed by atoms with Crippen LogP contribution in [0.1, 0.15) is 27.2 Å². The molecule has 1 heterocycles. The molecular formula is C14H16N2O3. The second kappa shape index (κ2) is 5.14. The first-order valence-electron chi connectivity index (χ1n) is 5.92. The summed E-state index contributed by atoms with van der Waals surface area (Å²) in [5.41, 5.74) is 2.97. The minimum absolute atomic E-state index is 0.228. The number of carbonyl (C=O) groups is 1. The Balaban J connectivity index is 2.36. The zero-order chi connectivity index (χ0) is 14.0. The first-order chi connectivity index (χ1) is 9.02. The van der Waals surface area contributed by atoms with Crippen molar-refractivity contribution < 1.29 is 14.6 Å². The molecule has 100 valence electrons. The molecule has 0 saturated heterocycles. The van der Waals surface area contributed by atoms with Crippen LogP contribution in [0.2, 0.25) is 0 Å². The number of aromatic carboxylic acids is 1. The van der Waals surface area contributed by atoms with Crippen LogP contribution in [0.3, 0.4) is 0 Å². The highest BCUT2D eigenvalue weighted by molar-refractivity contribution is 5.88. The monoisotopic (exact) mass is 260 g/mol. The lowest BCUT2D eigenvalue weighted by molar-refractivity contribution is 0.0696. The van der Waals surface area contributed by atoms with E-state index in [9.17, 15) is 4.79 Å². The van der Waals surface area contributed by atoms with Crippen molar-refractivity contribution in [3.8, 4) is 5.75 Å². The number of hydrogen-bond acceptors (Lipinski definition) is 3. The van der Waals surface area contributed by atoms with Crippen molar-refractivity contribution in [2.45, 2.75) is 20.4 Å². The van der Waals surface area contributed by atoms with E-state index in [0.29, 0.717) is 12.2 Å². The SMILES string of the molecule is COc1ccc(C)cc1Cn1ncc(C(=O)O)c1C. The van der Waals surface area contributed by atoms with Gasteiger partial charge in [0.15, 0.2) is 0 Å². The predicted octanol–water partition coefficient (Wildman–Crippen LogP) is 2.26. The van der Waals surface area contributed by atoms with Gasteiger partial charge in [-0.05, 0) is 19.9 Å². The Labute approximate surface area is 111 Å². The topological polar surface area (TPSA) is 64.4 Å². The molecule has 0 fully saturated rings. The van der Waals surface area contributed by atoms with Crippen LogP contribution in [-0.4, -0.2) is 28.0 Å². The molecule has 1 aromatic carbocycles. The third-order valence-electron chi connectivity index (χ3n) is 3.09. The Kier molecular flexibility index (Phi) is 3.55. The van der Waals surface area contributed by atoms with Gasteiger partial charge in [-0.1, -0.05) is 17.7 Å². The minimum atomic E-state index is -0.958. The van der Waals surface area contributed by atoms with Crippen molar-refractivity contribution in [2.24, 2.45) is 0 Å². The van der Waals surface area contributed by atoms with Gasteiger partial charge in [0.05, 0.1) is 25.5 Å². The molecule has 0 unspecified atom stereocenters. The molecule has 1 N–H and O–H groups in total. The molecule has 2 rings (SSSR count). The van der Waals surface area contributed by atoms with Crippen LogP contribution < -0.4 is 4.74 Å². The zero-order valence-electron chi connectivity index (χ0n) is 11.2. The van der Waals surface area contributed by atoms with E-state index in [1.54, 1.807) is 18.7 Å². The van der Waals surface area contributed by atoms with E-state index < -0.39 is 5.97 Å². The third kappa shape index (κ3) is 2.59. The van der Waals surface area contributed by atoms with E-state index in [4.69, 9.17) is 9.84 Å². The van der Waals surface area contributed by atoms with Gasteiger partial charge in [-0.2, -0.15) is 5.10 Å². The normalized spacial score (nSPS) is 10.5. The number of carboxylic acids is 1. The molecule has 0 spiro atoms. The Bertz CT molecular complexity index is 617. The van der Waals surface area contributed by atoms with Crippen LogP contribution >= 0.6 is 0 Å². The second-order valence-electron chi connectivity index (χ2n) is 4.42. The number of hydrogen-bond donors (Lipinski definition) is 1. The van der Waals surface area contributed by atoms with E-state index >= 15 is 0 Å². The summed E-state index contributed by atoms with van der Waals surface area (Å²) >= 11 is 0. The summed E-state index contributed by atoms with van der Waals surface area (Å²) in [6.07, 6.45) is 1.37. The van der Waals surface area contributed by atoms with Crippen molar-refractivity contribution in [1.29, 1.82) is 0 Å². The van der Waals surface area contributed by atoms with Crippen molar-refractivity contribution in [3.05, 3.63) is 46.8 Å². The number of rotatable bonds is 4. The lowest BCUT2D eigenvalue weighted by Gasteiger charge is -2.11. The van der Waals surface area contributed by atoms with Crippen LogP contribution in [-0.2, 0) is 6.54 Å². The molecule has 2 aromatic rings. The lowest BCUT2D eigenvalue weighted by atomic mass is 10.1. The molecule has 0 aliphatic heterocycles. The van der Waals surface area contributed by atoms with Crippen LogP contribution in [0.15, 0.2) is 24.4 Å². The summed E-state index contributed by atoms with van der Waals surface area (Å²) in [6, 6.07) is 5.89. The number of methoxy groups -OCH3 is 1. The second-order valence-corrected chi connectivity index (χ2v) is 4.42. The molecule has 0 aliphatic carbocycles. The Morgan fingerprint density at radius 1 is 1.42 bits per heavy atom. The average molecular weight is 260 g/mol. The highest BCUT2D eigenvalue weighted by Gasteiger charge is 2.14. The third-order valence-corrected chi connectivity index (χ3v) is 3.09. The maximum Gasteiger partial charge on any atom is 0.339 e. The molecule has 0 amide bonds. The fraction of sp³-hybridized carbons (Fsp3) is 0.286. The van der Waals surface area contributed by atoms with Crippen LogP contribution in [0, 0.1) is 13.8 Å². The predicted molar refractivity (Wildman–Crippen MR) is 70.8 cm³/mol. The summed E-state index contributed by atoms with van der Waals surface area (Å²) in [6.45, 7) is 4.24. The molecule has 0 atom stereocenters. The van der Waals surface area contributed by atoms with Gasteiger partial charge < -0.3 is 9.84 Å². The van der Waals surface area contributed by atoms with Crippen molar-refractivity contribution in [2.75, 3.05) is 7.11 Å². The first-order valence-corrected chi connectivity index (χ1v) is 5.92. The molecule has 0 bridgehead atoms. The van der Waals surface area contributed by atoms with E-state index in [1.165, 1.54) is 6.20 Å². The minimum Gasteiger partial charge on any atom is -0.496 e. The number of aryl methyl sites for hydroxylation is 1. The van der Waals surface area contributed by atoms with E-state index in [-0.39, 0.29) is 5.56 Å². The highest BCUT2D eigenvalue weighted by atomic mass is 16.5. The number of ether oxygens (including phenoxy) is 1. The summed E-state index contributed by atoms with van der Waals surface area (Å²) in [5, 5.41) is 13.1. The van der Waals surface area contributed by atoms with Gasteiger partial charge in [0.1, 0.15) is 11.3 Å². The van der Waals surface area contributed by atoms with E-state index in [1.807, 2.05) is 25.1 Å². The van der Waals surface area contributed by atoms with Crippen LogP contribution in [0.4, 0.5) is 0 Å². The van der Waals surface area contributed by atoms with Gasteiger partial charge >= 0.3 is 5.97 Å². The maximum absolute atomic E-state index is 11.0. The Morgan fingerprint density at radius 3 is 2.74 bits per heavy atom. The van der Waals surface area contributed by atoms with Gasteiger partial charge in [-0.3, -0.25) is 4.68 Å². The number of carboxylic acid groups (broad SMARTS) is 1. The molecule has 1 aromatic heterocycles. The van der Waals surface area contributed by atoms with Gasteiger partial charge in [-0.15, -0.1) is 0 Å². The maximum atomic E-state index is 11.0. The van der Waals surface area contributed by atoms with Gasteiger partial charge in [0.2, 0.25) is 0 Å². The van der Waals surface area contributed by atoms with Crippen molar-refractivity contribution in [3.63, 3.8) is 0 Å². The largest absolute Gasteiger partial charge is 0.496 e. The molecule has 0 saturated carbocycles. The smallest absolute Gasteiger partial charge is 0.339 e. The highest BCUT2D eigenvalue weighted by Crippen LogP contribution is 2.21. The molecule has 0 radical (unpaired) electrons. The summed E-state index contributed by atoms with van der Waals surface area (Å²) in [4.78, 5) is 11.0. The standard InChI is InChI=1S/C14H16N2O3/c1-9-4-5-13(19-3)11(6-9)8-16-10(2)12(7-15-16)14(17)18/h4-7H,8H2,1-3H3,(H,17,18). The summed E-state index contributed by atoms with van der Waals surface area (Å²) in [5.74, 6) is -0.183. The quantitative estimate of drug-likeness (QED) is 0.915. The molecule has 0 aliphatic rings.